The number of aromatic nitrogens is 2. The quantitative estimate of drug-likeness (QED) is 0.903. The molecule has 1 heterocycles. The molecule has 3 heteroatoms. The van der Waals surface area contributed by atoms with Gasteiger partial charge in [0.05, 0.1) is 6.54 Å². The van der Waals surface area contributed by atoms with Crippen LogP contribution in [0.2, 0.25) is 0 Å². The first-order valence-corrected chi connectivity index (χ1v) is 7.23. The minimum atomic E-state index is 0.661. The van der Waals surface area contributed by atoms with Crippen LogP contribution in [0.15, 0.2) is 42.7 Å². The number of nitrogens with one attached hydrogen (secondary N) is 1. The molecule has 0 radical (unpaired) electrons. The third kappa shape index (κ3) is 3.37. The predicted molar refractivity (Wildman–Crippen MR) is 78.3 cm³/mol. The average Bonchev–Trinajstić information content (AvgIpc) is 2.93. The van der Waals surface area contributed by atoms with Gasteiger partial charge in [-0.15, -0.1) is 0 Å². The summed E-state index contributed by atoms with van der Waals surface area (Å²) in [6, 6.07) is 11.3. The number of hydrogen-bond acceptors (Lipinski definition) is 2. The lowest BCUT2D eigenvalue weighted by molar-refractivity contribution is 0.462. The number of nitrogens with zero attached hydrogens (tertiary/aromatic N) is 2. The molecule has 0 aliphatic heterocycles. The van der Waals surface area contributed by atoms with Crippen LogP contribution in [0.5, 0.6) is 0 Å². The lowest BCUT2D eigenvalue weighted by Gasteiger charge is -2.24. The Kier molecular flexibility index (Phi) is 3.82. The molecule has 0 bridgehead atoms. The maximum atomic E-state index is 4.25. The largest absolute Gasteiger partial charge is 0.382 e. The van der Waals surface area contributed by atoms with E-state index in [1.807, 2.05) is 23.1 Å². The van der Waals surface area contributed by atoms with Gasteiger partial charge in [-0.2, -0.15) is 5.10 Å². The second kappa shape index (κ2) is 5.91. The van der Waals surface area contributed by atoms with E-state index in [-0.39, 0.29) is 0 Å². The molecule has 1 N–H and O–H groups in total. The number of benzene rings is 1. The van der Waals surface area contributed by atoms with Crippen molar-refractivity contribution < 1.29 is 0 Å². The van der Waals surface area contributed by atoms with Crippen molar-refractivity contribution in [3.8, 4) is 0 Å². The van der Waals surface area contributed by atoms with Crippen LogP contribution in [0.4, 0.5) is 5.69 Å². The standard InChI is InChI=1S/C16H21N3/c1-2-7-15(8-3-1)18-16-9-4-6-14(12-16)13-19-11-5-10-17-19/h4-6,9-12,15,18H,1-3,7-8,13H2. The van der Waals surface area contributed by atoms with Crippen molar-refractivity contribution in [2.75, 3.05) is 5.32 Å². The fourth-order valence-electron chi connectivity index (χ4n) is 2.82. The molecule has 3 rings (SSSR count). The third-order valence-corrected chi connectivity index (χ3v) is 3.81. The highest BCUT2D eigenvalue weighted by Gasteiger charge is 2.12. The molecule has 1 aliphatic rings. The second-order valence-electron chi connectivity index (χ2n) is 5.38. The van der Waals surface area contributed by atoms with E-state index in [1.54, 1.807) is 0 Å². The molecule has 0 unspecified atom stereocenters. The van der Waals surface area contributed by atoms with Crippen molar-refractivity contribution in [1.82, 2.24) is 9.78 Å². The SMILES string of the molecule is c1cc(Cn2cccn2)cc(NC2CCCCC2)c1. The Morgan fingerprint density at radius 2 is 2.05 bits per heavy atom. The molecule has 100 valence electrons. The van der Waals surface area contributed by atoms with E-state index >= 15 is 0 Å². The van der Waals surface area contributed by atoms with Crippen molar-refractivity contribution in [2.45, 2.75) is 44.7 Å². The van der Waals surface area contributed by atoms with E-state index in [9.17, 15) is 0 Å². The van der Waals surface area contributed by atoms with E-state index in [1.165, 1.54) is 43.4 Å². The van der Waals surface area contributed by atoms with Gasteiger partial charge in [0.25, 0.3) is 0 Å². The minimum absolute atomic E-state index is 0.661. The maximum Gasteiger partial charge on any atom is 0.0660 e. The summed E-state index contributed by atoms with van der Waals surface area (Å²) >= 11 is 0. The summed E-state index contributed by atoms with van der Waals surface area (Å²) in [6.45, 7) is 0.840. The van der Waals surface area contributed by atoms with E-state index in [0.29, 0.717) is 6.04 Å². The van der Waals surface area contributed by atoms with Crippen LogP contribution in [0.3, 0.4) is 0 Å². The highest BCUT2D eigenvalue weighted by molar-refractivity contribution is 5.46. The first-order chi connectivity index (χ1) is 9.40. The Hall–Kier alpha value is -1.77. The van der Waals surface area contributed by atoms with Gasteiger partial charge in [0, 0.05) is 24.1 Å². The van der Waals surface area contributed by atoms with Crippen LogP contribution >= 0.6 is 0 Å². The molecular formula is C16H21N3. The summed E-state index contributed by atoms with van der Waals surface area (Å²) in [5, 5.41) is 7.92. The van der Waals surface area contributed by atoms with Crippen molar-refractivity contribution in [3.05, 3.63) is 48.3 Å². The van der Waals surface area contributed by atoms with Gasteiger partial charge in [-0.05, 0) is 36.6 Å². The molecule has 0 amide bonds. The minimum Gasteiger partial charge on any atom is -0.382 e. The number of hydrogen-bond donors (Lipinski definition) is 1. The Labute approximate surface area is 114 Å². The maximum absolute atomic E-state index is 4.25. The highest BCUT2D eigenvalue weighted by Crippen LogP contribution is 2.22. The Morgan fingerprint density at radius 3 is 2.84 bits per heavy atom. The number of rotatable bonds is 4. The fraction of sp³-hybridized carbons (Fsp3) is 0.438. The van der Waals surface area contributed by atoms with Gasteiger partial charge in [0.2, 0.25) is 0 Å². The van der Waals surface area contributed by atoms with Gasteiger partial charge in [-0.25, -0.2) is 0 Å². The molecule has 0 atom stereocenters. The molecule has 0 saturated heterocycles. The zero-order valence-corrected chi connectivity index (χ0v) is 11.3. The van der Waals surface area contributed by atoms with Crippen LogP contribution in [-0.2, 0) is 6.54 Å². The highest BCUT2D eigenvalue weighted by atomic mass is 15.3. The summed E-state index contributed by atoms with van der Waals surface area (Å²) < 4.78 is 1.96. The zero-order valence-electron chi connectivity index (χ0n) is 11.3. The molecule has 3 nitrogen and oxygen atoms in total. The molecule has 2 aromatic rings. The summed E-state index contributed by atoms with van der Waals surface area (Å²) in [5.41, 5.74) is 2.54. The molecular weight excluding hydrogens is 234 g/mol. The first-order valence-electron chi connectivity index (χ1n) is 7.23. The Morgan fingerprint density at radius 1 is 1.16 bits per heavy atom. The Bertz CT molecular complexity index is 498. The Balaban J connectivity index is 1.65. The molecule has 1 aromatic heterocycles. The molecule has 1 saturated carbocycles. The van der Waals surface area contributed by atoms with Gasteiger partial charge >= 0.3 is 0 Å². The van der Waals surface area contributed by atoms with Gasteiger partial charge in [-0.1, -0.05) is 31.4 Å². The summed E-state index contributed by atoms with van der Waals surface area (Å²) in [6.07, 6.45) is 10.6. The summed E-state index contributed by atoms with van der Waals surface area (Å²) in [5.74, 6) is 0. The van der Waals surface area contributed by atoms with Crippen molar-refractivity contribution in [3.63, 3.8) is 0 Å². The van der Waals surface area contributed by atoms with Crippen LogP contribution in [0, 0.1) is 0 Å². The van der Waals surface area contributed by atoms with Crippen molar-refractivity contribution in [1.29, 1.82) is 0 Å². The summed E-state index contributed by atoms with van der Waals surface area (Å²) in [7, 11) is 0. The third-order valence-electron chi connectivity index (χ3n) is 3.81. The smallest absolute Gasteiger partial charge is 0.0660 e. The zero-order chi connectivity index (χ0) is 12.9. The fourth-order valence-corrected chi connectivity index (χ4v) is 2.82. The molecule has 1 fully saturated rings. The lowest BCUT2D eigenvalue weighted by Crippen LogP contribution is -2.22. The van der Waals surface area contributed by atoms with Gasteiger partial charge in [-0.3, -0.25) is 4.68 Å². The second-order valence-corrected chi connectivity index (χ2v) is 5.38. The summed E-state index contributed by atoms with van der Waals surface area (Å²) in [4.78, 5) is 0. The van der Waals surface area contributed by atoms with Gasteiger partial charge in [0.15, 0.2) is 0 Å². The monoisotopic (exact) mass is 255 g/mol. The van der Waals surface area contributed by atoms with Crippen LogP contribution in [0.1, 0.15) is 37.7 Å². The van der Waals surface area contributed by atoms with Gasteiger partial charge in [0.1, 0.15) is 0 Å². The average molecular weight is 255 g/mol. The van der Waals surface area contributed by atoms with E-state index in [2.05, 4.69) is 34.7 Å². The van der Waals surface area contributed by atoms with Crippen molar-refractivity contribution >= 4 is 5.69 Å². The van der Waals surface area contributed by atoms with Crippen molar-refractivity contribution in [2.24, 2.45) is 0 Å². The van der Waals surface area contributed by atoms with E-state index in [4.69, 9.17) is 0 Å². The molecule has 1 aromatic carbocycles. The van der Waals surface area contributed by atoms with E-state index in [0.717, 1.165) is 6.54 Å². The van der Waals surface area contributed by atoms with Crippen LogP contribution < -0.4 is 5.32 Å². The normalized spacial score (nSPS) is 16.4. The predicted octanol–water partition coefficient (Wildman–Crippen LogP) is 3.68. The van der Waals surface area contributed by atoms with Gasteiger partial charge < -0.3 is 5.32 Å². The topological polar surface area (TPSA) is 29.9 Å². The first kappa shape index (κ1) is 12.3. The van der Waals surface area contributed by atoms with E-state index < -0.39 is 0 Å². The molecule has 1 aliphatic carbocycles. The molecule has 0 spiro atoms. The molecule has 19 heavy (non-hydrogen) atoms. The lowest BCUT2D eigenvalue weighted by atomic mass is 9.95. The number of anilines is 1. The van der Waals surface area contributed by atoms with Crippen LogP contribution in [-0.4, -0.2) is 15.8 Å². The van der Waals surface area contributed by atoms with Crippen LogP contribution in [0.25, 0.3) is 0 Å².